The first-order chi connectivity index (χ1) is 8.24. The molecule has 17 heavy (non-hydrogen) atoms. The molecule has 0 radical (unpaired) electrons. The molecule has 1 heterocycles. The van der Waals surface area contributed by atoms with E-state index in [1.54, 1.807) is 10.9 Å². The van der Waals surface area contributed by atoms with Crippen molar-refractivity contribution >= 4 is 11.6 Å². The molecule has 2 rings (SSSR count). The summed E-state index contributed by atoms with van der Waals surface area (Å²) in [4.78, 5) is 10.7. The minimum Gasteiger partial charge on any atom is -0.382 e. The lowest BCUT2D eigenvalue weighted by Gasteiger charge is -2.17. The number of nitrogens with two attached hydrogens (primary N) is 1. The summed E-state index contributed by atoms with van der Waals surface area (Å²) in [5, 5.41) is 7.40. The van der Waals surface area contributed by atoms with Crippen LogP contribution < -0.4 is 11.1 Å². The number of nitrogens with one attached hydrogen (secondary N) is 1. The van der Waals surface area contributed by atoms with Crippen LogP contribution in [0.15, 0.2) is 24.5 Å². The molecule has 1 amide bonds. The third-order valence-corrected chi connectivity index (χ3v) is 2.92. The molecule has 1 aromatic heterocycles. The van der Waals surface area contributed by atoms with Crippen molar-refractivity contribution in [1.29, 1.82) is 0 Å². The number of anilines is 1. The van der Waals surface area contributed by atoms with Crippen LogP contribution in [0.1, 0.15) is 19.3 Å². The number of aromatic nitrogens is 2. The van der Waals surface area contributed by atoms with Crippen molar-refractivity contribution in [3.05, 3.63) is 24.5 Å². The first-order valence-corrected chi connectivity index (χ1v) is 5.93. The van der Waals surface area contributed by atoms with Crippen LogP contribution >= 0.6 is 0 Å². The van der Waals surface area contributed by atoms with E-state index >= 15 is 0 Å². The predicted octanol–water partition coefficient (Wildman–Crippen LogP) is 1.14. The summed E-state index contributed by atoms with van der Waals surface area (Å²) >= 11 is 0. The summed E-state index contributed by atoms with van der Waals surface area (Å²) in [6.45, 7) is 1.08. The molecule has 1 aromatic rings. The summed E-state index contributed by atoms with van der Waals surface area (Å²) < 4.78 is 1.55. The second-order valence-corrected chi connectivity index (χ2v) is 4.42. The van der Waals surface area contributed by atoms with Gasteiger partial charge in [-0.15, -0.1) is 0 Å². The number of hydrogen-bond donors (Lipinski definition) is 2. The molecule has 92 valence electrons. The number of rotatable bonds is 5. The third-order valence-electron chi connectivity index (χ3n) is 2.92. The van der Waals surface area contributed by atoms with E-state index < -0.39 is 0 Å². The van der Waals surface area contributed by atoms with Gasteiger partial charge in [-0.25, -0.2) is 0 Å². The zero-order chi connectivity index (χ0) is 12.1. The van der Waals surface area contributed by atoms with E-state index in [-0.39, 0.29) is 12.5 Å². The van der Waals surface area contributed by atoms with Gasteiger partial charge in [-0.2, -0.15) is 5.10 Å². The molecule has 0 saturated carbocycles. The maximum absolute atomic E-state index is 10.7. The maximum Gasteiger partial charge on any atom is 0.239 e. The van der Waals surface area contributed by atoms with Gasteiger partial charge in [0.2, 0.25) is 5.91 Å². The van der Waals surface area contributed by atoms with Crippen molar-refractivity contribution in [2.24, 2.45) is 11.7 Å². The number of nitrogens with zero attached hydrogens (tertiary/aromatic N) is 2. The Balaban J connectivity index is 1.80. The number of allylic oxidation sites excluding steroid dienone is 2. The van der Waals surface area contributed by atoms with Crippen LogP contribution in [-0.4, -0.2) is 22.2 Å². The SMILES string of the molecule is NC(=O)Cn1cc(NCC2CC=CCC2)cn1. The lowest BCUT2D eigenvalue weighted by molar-refractivity contribution is -0.118. The Morgan fingerprint density at radius 1 is 1.59 bits per heavy atom. The van der Waals surface area contributed by atoms with Crippen LogP contribution in [-0.2, 0) is 11.3 Å². The Labute approximate surface area is 101 Å². The average Bonchev–Trinajstić information content (AvgIpc) is 2.75. The number of amides is 1. The zero-order valence-corrected chi connectivity index (χ0v) is 9.80. The van der Waals surface area contributed by atoms with Gasteiger partial charge in [0, 0.05) is 12.7 Å². The monoisotopic (exact) mass is 234 g/mol. The fraction of sp³-hybridized carbons (Fsp3) is 0.500. The standard InChI is InChI=1S/C12H18N4O/c13-12(17)9-16-8-11(7-15-16)14-6-10-4-2-1-3-5-10/h1-2,7-8,10,14H,3-6,9H2,(H2,13,17). The fourth-order valence-corrected chi connectivity index (χ4v) is 2.00. The third kappa shape index (κ3) is 3.62. The Morgan fingerprint density at radius 2 is 2.47 bits per heavy atom. The molecule has 1 aliphatic carbocycles. The van der Waals surface area contributed by atoms with Crippen molar-refractivity contribution in [1.82, 2.24) is 9.78 Å². The van der Waals surface area contributed by atoms with Gasteiger partial charge >= 0.3 is 0 Å². The minimum absolute atomic E-state index is 0.133. The molecule has 0 aromatic carbocycles. The molecule has 3 N–H and O–H groups in total. The Kier molecular flexibility index (Phi) is 3.80. The number of primary amides is 1. The number of carbonyl (C=O) groups is 1. The molecular weight excluding hydrogens is 216 g/mol. The molecule has 1 unspecified atom stereocenters. The van der Waals surface area contributed by atoms with Crippen LogP contribution in [0.2, 0.25) is 0 Å². The van der Waals surface area contributed by atoms with E-state index in [9.17, 15) is 4.79 Å². The van der Waals surface area contributed by atoms with Crippen LogP contribution in [0.25, 0.3) is 0 Å². The largest absolute Gasteiger partial charge is 0.382 e. The normalized spacial score (nSPS) is 19.2. The first-order valence-electron chi connectivity index (χ1n) is 5.93. The van der Waals surface area contributed by atoms with E-state index in [1.165, 1.54) is 12.8 Å². The topological polar surface area (TPSA) is 72.9 Å². The lowest BCUT2D eigenvalue weighted by atomic mass is 9.94. The second-order valence-electron chi connectivity index (χ2n) is 4.42. The number of carbonyl (C=O) groups excluding carboxylic acids is 1. The van der Waals surface area contributed by atoms with E-state index in [2.05, 4.69) is 22.6 Å². The van der Waals surface area contributed by atoms with Crippen LogP contribution in [0, 0.1) is 5.92 Å². The molecule has 1 atom stereocenters. The van der Waals surface area contributed by atoms with Crippen molar-refractivity contribution in [3.63, 3.8) is 0 Å². The summed E-state index contributed by atoms with van der Waals surface area (Å²) in [5.74, 6) is 0.316. The Morgan fingerprint density at radius 3 is 3.18 bits per heavy atom. The van der Waals surface area contributed by atoms with Gasteiger partial charge in [0.15, 0.2) is 0 Å². The Bertz CT molecular complexity index is 410. The average molecular weight is 234 g/mol. The zero-order valence-electron chi connectivity index (χ0n) is 9.80. The highest BCUT2D eigenvalue weighted by atomic mass is 16.1. The van der Waals surface area contributed by atoms with Gasteiger partial charge in [-0.1, -0.05) is 12.2 Å². The van der Waals surface area contributed by atoms with Crippen molar-refractivity contribution in [3.8, 4) is 0 Å². The number of hydrogen-bond acceptors (Lipinski definition) is 3. The predicted molar refractivity (Wildman–Crippen MR) is 66.4 cm³/mol. The van der Waals surface area contributed by atoms with E-state index in [0.717, 1.165) is 18.7 Å². The van der Waals surface area contributed by atoms with E-state index in [4.69, 9.17) is 5.73 Å². The van der Waals surface area contributed by atoms with Gasteiger partial charge in [0.25, 0.3) is 0 Å². The highest BCUT2D eigenvalue weighted by Crippen LogP contribution is 2.18. The molecular formula is C12H18N4O. The highest BCUT2D eigenvalue weighted by Gasteiger charge is 2.09. The Hall–Kier alpha value is -1.78. The van der Waals surface area contributed by atoms with Gasteiger partial charge in [0.05, 0.1) is 11.9 Å². The second kappa shape index (κ2) is 5.52. The molecule has 5 heteroatoms. The van der Waals surface area contributed by atoms with E-state index in [0.29, 0.717) is 5.92 Å². The minimum atomic E-state index is -0.378. The molecule has 0 bridgehead atoms. The molecule has 5 nitrogen and oxygen atoms in total. The first kappa shape index (κ1) is 11.7. The molecule has 0 saturated heterocycles. The van der Waals surface area contributed by atoms with Crippen molar-refractivity contribution < 1.29 is 4.79 Å². The van der Waals surface area contributed by atoms with Gasteiger partial charge in [-0.05, 0) is 25.2 Å². The quantitative estimate of drug-likeness (QED) is 0.750. The van der Waals surface area contributed by atoms with Gasteiger partial charge in [-0.3, -0.25) is 9.48 Å². The van der Waals surface area contributed by atoms with Crippen LogP contribution in [0.5, 0.6) is 0 Å². The fourth-order valence-electron chi connectivity index (χ4n) is 2.00. The van der Waals surface area contributed by atoms with Gasteiger partial charge in [0.1, 0.15) is 6.54 Å². The molecule has 1 aliphatic rings. The lowest BCUT2D eigenvalue weighted by Crippen LogP contribution is -2.18. The smallest absolute Gasteiger partial charge is 0.239 e. The van der Waals surface area contributed by atoms with Crippen LogP contribution in [0.3, 0.4) is 0 Å². The summed E-state index contributed by atoms with van der Waals surface area (Å²) in [5.41, 5.74) is 6.04. The molecule has 0 aliphatic heterocycles. The van der Waals surface area contributed by atoms with Gasteiger partial charge < -0.3 is 11.1 Å². The van der Waals surface area contributed by atoms with Crippen molar-refractivity contribution in [2.45, 2.75) is 25.8 Å². The van der Waals surface area contributed by atoms with E-state index in [1.807, 2.05) is 6.20 Å². The molecule has 0 spiro atoms. The van der Waals surface area contributed by atoms with Crippen LogP contribution in [0.4, 0.5) is 5.69 Å². The van der Waals surface area contributed by atoms with Crippen molar-refractivity contribution in [2.75, 3.05) is 11.9 Å². The maximum atomic E-state index is 10.7. The summed E-state index contributed by atoms with van der Waals surface area (Å²) in [6, 6.07) is 0. The summed E-state index contributed by atoms with van der Waals surface area (Å²) in [7, 11) is 0. The summed E-state index contributed by atoms with van der Waals surface area (Å²) in [6.07, 6.45) is 11.6. The molecule has 0 fully saturated rings. The highest BCUT2D eigenvalue weighted by molar-refractivity contribution is 5.73.